The number of hydrogen-bond acceptors (Lipinski definition) is 4. The highest BCUT2D eigenvalue weighted by Gasteiger charge is 2.09. The van der Waals surface area contributed by atoms with Crippen molar-refractivity contribution in [2.75, 3.05) is 0 Å². The Morgan fingerprint density at radius 2 is 0.595 bits per heavy atom. The van der Waals surface area contributed by atoms with Crippen LogP contribution in [0, 0.1) is 13.8 Å². The lowest BCUT2D eigenvalue weighted by Gasteiger charge is -2.10. The van der Waals surface area contributed by atoms with Gasteiger partial charge >= 0.3 is 0 Å². The number of rotatable bonds is 8. The quantitative estimate of drug-likeness (QED) is 0.205. The van der Waals surface area contributed by atoms with Gasteiger partial charge in [0.25, 0.3) is 0 Å². The first-order chi connectivity index (χ1) is 18.0. The van der Waals surface area contributed by atoms with E-state index in [4.69, 9.17) is 14.2 Å². The lowest BCUT2D eigenvalue weighted by Crippen LogP contribution is -2.00. The highest BCUT2D eigenvalue weighted by Crippen LogP contribution is 2.29. The number of carbonyl (C=O) groups excluding carboxylic acids is 1. The molecule has 0 heterocycles. The van der Waals surface area contributed by atoms with Crippen LogP contribution in [0.2, 0.25) is 0 Å². The molecule has 0 aliphatic rings. The van der Waals surface area contributed by atoms with Crippen LogP contribution in [0.3, 0.4) is 0 Å². The number of ketones is 1. The molecule has 0 amide bonds. The van der Waals surface area contributed by atoms with E-state index in [0.29, 0.717) is 34.1 Å². The van der Waals surface area contributed by atoms with Crippen LogP contribution in [-0.2, 0) is 0 Å². The molecule has 0 N–H and O–H groups in total. The number of carbonyl (C=O) groups is 1. The number of benzene rings is 5. The Morgan fingerprint density at radius 3 is 0.919 bits per heavy atom. The van der Waals surface area contributed by atoms with Crippen molar-refractivity contribution < 1.29 is 19.0 Å². The minimum atomic E-state index is -0.0113. The first-order valence-corrected chi connectivity index (χ1v) is 12.0. The molecular weight excluding hydrogens is 460 g/mol. The largest absolute Gasteiger partial charge is 0.457 e. The van der Waals surface area contributed by atoms with E-state index in [1.165, 1.54) is 5.56 Å². The van der Waals surface area contributed by atoms with Gasteiger partial charge in [-0.3, -0.25) is 4.79 Å². The highest BCUT2D eigenvalue weighted by molar-refractivity contribution is 6.09. The average molecular weight is 487 g/mol. The maximum Gasteiger partial charge on any atom is 0.193 e. The van der Waals surface area contributed by atoms with Gasteiger partial charge in [0.15, 0.2) is 5.78 Å². The molecule has 0 saturated heterocycles. The van der Waals surface area contributed by atoms with Crippen molar-refractivity contribution in [2.45, 2.75) is 13.8 Å². The van der Waals surface area contributed by atoms with Gasteiger partial charge in [-0.25, -0.2) is 0 Å². The summed E-state index contributed by atoms with van der Waals surface area (Å²) < 4.78 is 17.8. The summed E-state index contributed by atoms with van der Waals surface area (Å²) in [6.45, 7) is 4.04. The third-order valence-corrected chi connectivity index (χ3v) is 5.81. The van der Waals surface area contributed by atoms with Crippen molar-refractivity contribution in [1.29, 1.82) is 0 Å². The molecule has 5 rings (SSSR count). The minimum absolute atomic E-state index is 0.0113. The smallest absolute Gasteiger partial charge is 0.193 e. The Balaban J connectivity index is 1.16. The zero-order valence-corrected chi connectivity index (χ0v) is 20.7. The van der Waals surface area contributed by atoms with Gasteiger partial charge in [-0.15, -0.1) is 0 Å². The van der Waals surface area contributed by atoms with E-state index >= 15 is 0 Å². The van der Waals surface area contributed by atoms with E-state index in [1.54, 1.807) is 24.3 Å². The molecule has 4 nitrogen and oxygen atoms in total. The van der Waals surface area contributed by atoms with Crippen LogP contribution in [-0.4, -0.2) is 5.78 Å². The van der Waals surface area contributed by atoms with Crippen LogP contribution < -0.4 is 14.2 Å². The molecule has 0 fully saturated rings. The standard InChI is InChI=1S/C33H26O4/c1-23-3-7-25(8-4-23)33(34)26-9-13-28(14-10-26)36-30-17-21-32(22-18-30)37-31-19-15-29(16-20-31)35-27-11-5-24(2)6-12-27/h3-22H,1-2H3. The number of hydrogen-bond donors (Lipinski definition) is 0. The van der Waals surface area contributed by atoms with Gasteiger partial charge in [-0.2, -0.15) is 0 Å². The number of ether oxygens (including phenoxy) is 3. The fraction of sp³-hybridized carbons (Fsp3) is 0.0606. The van der Waals surface area contributed by atoms with Crippen molar-refractivity contribution in [1.82, 2.24) is 0 Å². The van der Waals surface area contributed by atoms with E-state index in [1.807, 2.05) is 111 Å². The second kappa shape index (κ2) is 10.8. The summed E-state index contributed by atoms with van der Waals surface area (Å²) in [4.78, 5) is 12.7. The van der Waals surface area contributed by atoms with E-state index in [9.17, 15) is 4.79 Å². The Hall–Kier alpha value is -4.83. The maximum absolute atomic E-state index is 12.7. The van der Waals surface area contributed by atoms with Gasteiger partial charge in [-0.1, -0.05) is 47.5 Å². The molecule has 0 bridgehead atoms. The van der Waals surface area contributed by atoms with Gasteiger partial charge in [0.2, 0.25) is 0 Å². The van der Waals surface area contributed by atoms with Crippen molar-refractivity contribution in [3.63, 3.8) is 0 Å². The van der Waals surface area contributed by atoms with Crippen molar-refractivity contribution >= 4 is 5.78 Å². The van der Waals surface area contributed by atoms with Crippen LogP contribution in [0.5, 0.6) is 34.5 Å². The van der Waals surface area contributed by atoms with E-state index in [0.717, 1.165) is 17.1 Å². The van der Waals surface area contributed by atoms with Crippen molar-refractivity contribution in [3.05, 3.63) is 144 Å². The fourth-order valence-electron chi connectivity index (χ4n) is 3.71. The lowest BCUT2D eigenvalue weighted by atomic mass is 10.0. The van der Waals surface area contributed by atoms with Gasteiger partial charge in [0.1, 0.15) is 34.5 Å². The third-order valence-electron chi connectivity index (χ3n) is 5.81. The van der Waals surface area contributed by atoms with Gasteiger partial charge in [0, 0.05) is 11.1 Å². The van der Waals surface area contributed by atoms with E-state index in [2.05, 4.69) is 0 Å². The van der Waals surface area contributed by atoms with Crippen molar-refractivity contribution in [2.24, 2.45) is 0 Å². The van der Waals surface area contributed by atoms with Crippen LogP contribution in [0.4, 0.5) is 0 Å². The molecule has 0 saturated carbocycles. The summed E-state index contributed by atoms with van der Waals surface area (Å²) in [5.41, 5.74) is 3.60. The predicted molar refractivity (Wildman–Crippen MR) is 145 cm³/mol. The van der Waals surface area contributed by atoms with Gasteiger partial charge in [-0.05, 0) is 98.8 Å². The lowest BCUT2D eigenvalue weighted by molar-refractivity contribution is 0.103. The summed E-state index contributed by atoms with van der Waals surface area (Å²) in [7, 11) is 0. The van der Waals surface area contributed by atoms with Crippen LogP contribution in [0.25, 0.3) is 0 Å². The third kappa shape index (κ3) is 6.24. The molecule has 5 aromatic rings. The highest BCUT2D eigenvalue weighted by atomic mass is 16.5. The molecule has 0 aliphatic carbocycles. The minimum Gasteiger partial charge on any atom is -0.457 e. The van der Waals surface area contributed by atoms with Crippen molar-refractivity contribution in [3.8, 4) is 34.5 Å². The molecule has 0 aromatic heterocycles. The first-order valence-electron chi connectivity index (χ1n) is 12.0. The molecule has 0 aliphatic heterocycles. The van der Waals surface area contributed by atoms with Gasteiger partial charge in [0.05, 0.1) is 0 Å². The molecule has 4 heteroatoms. The maximum atomic E-state index is 12.7. The number of aryl methyl sites for hydroxylation is 2. The summed E-state index contributed by atoms with van der Waals surface area (Å²) in [5, 5.41) is 0. The van der Waals surface area contributed by atoms with Gasteiger partial charge < -0.3 is 14.2 Å². The summed E-state index contributed by atoms with van der Waals surface area (Å²) in [6, 6.07) is 37.5. The topological polar surface area (TPSA) is 44.8 Å². The molecular formula is C33H26O4. The molecule has 0 unspecified atom stereocenters. The van der Waals surface area contributed by atoms with Crippen LogP contribution >= 0.6 is 0 Å². The SMILES string of the molecule is Cc1ccc(Oc2ccc(Oc3ccc(Oc4ccc(C(=O)c5ccc(C)cc5)cc4)cc3)cc2)cc1. The average Bonchev–Trinajstić information content (AvgIpc) is 2.93. The monoisotopic (exact) mass is 486 g/mol. The molecule has 37 heavy (non-hydrogen) atoms. The second-order valence-electron chi connectivity index (χ2n) is 8.78. The van der Waals surface area contributed by atoms with E-state index in [-0.39, 0.29) is 5.78 Å². The molecule has 0 spiro atoms. The molecule has 5 aromatic carbocycles. The molecule has 0 atom stereocenters. The second-order valence-corrected chi connectivity index (χ2v) is 8.78. The summed E-state index contributed by atoms with van der Waals surface area (Å²) >= 11 is 0. The zero-order valence-electron chi connectivity index (χ0n) is 20.7. The predicted octanol–water partition coefficient (Wildman–Crippen LogP) is 8.91. The molecule has 182 valence electrons. The Morgan fingerprint density at radius 1 is 0.378 bits per heavy atom. The zero-order chi connectivity index (χ0) is 25.6. The Bertz CT molecular complexity index is 1470. The summed E-state index contributed by atoms with van der Waals surface area (Å²) in [5.74, 6) is 4.25. The van der Waals surface area contributed by atoms with Crippen LogP contribution in [0.15, 0.2) is 121 Å². The van der Waals surface area contributed by atoms with E-state index < -0.39 is 0 Å². The molecule has 0 radical (unpaired) electrons. The fourth-order valence-corrected chi connectivity index (χ4v) is 3.71. The first kappa shape index (κ1) is 23.9. The Labute approximate surface area is 216 Å². The Kier molecular flexibility index (Phi) is 7.00. The summed E-state index contributed by atoms with van der Waals surface area (Å²) in [6.07, 6.45) is 0. The normalized spacial score (nSPS) is 10.5. The van der Waals surface area contributed by atoms with Crippen LogP contribution in [0.1, 0.15) is 27.0 Å².